The second-order valence-corrected chi connectivity index (χ2v) is 4.38. The Morgan fingerprint density at radius 1 is 1.28 bits per heavy atom. The molecule has 1 heterocycles. The maximum atomic E-state index is 13.8. The minimum atomic E-state index is -0.662. The molecule has 0 saturated carbocycles. The van der Waals surface area contributed by atoms with Crippen molar-refractivity contribution in [1.29, 1.82) is 0 Å². The van der Waals surface area contributed by atoms with Crippen molar-refractivity contribution in [3.63, 3.8) is 0 Å². The number of carbonyl (C=O) groups excluding carboxylic acids is 1. The highest BCUT2D eigenvalue weighted by Crippen LogP contribution is 2.24. The summed E-state index contributed by atoms with van der Waals surface area (Å²) < 4.78 is 13.8. The van der Waals surface area contributed by atoms with E-state index in [-0.39, 0.29) is 16.4 Å². The van der Waals surface area contributed by atoms with E-state index in [0.29, 0.717) is 0 Å². The lowest BCUT2D eigenvalue weighted by Crippen LogP contribution is -2.11. The number of hydrogen-bond acceptors (Lipinski definition) is 2. The van der Waals surface area contributed by atoms with Crippen LogP contribution in [0.25, 0.3) is 0 Å². The molecule has 0 aliphatic rings. The molecule has 0 saturated heterocycles. The van der Waals surface area contributed by atoms with Crippen molar-refractivity contribution in [2.24, 2.45) is 0 Å². The Morgan fingerprint density at radius 2 is 1.94 bits per heavy atom. The maximum absolute atomic E-state index is 13.8. The maximum Gasteiger partial charge on any atom is 0.173 e. The number of ketones is 1. The second kappa shape index (κ2) is 5.27. The van der Waals surface area contributed by atoms with Crippen molar-refractivity contribution < 1.29 is 9.18 Å². The fourth-order valence-electron chi connectivity index (χ4n) is 1.73. The van der Waals surface area contributed by atoms with Crippen molar-refractivity contribution >= 4 is 17.4 Å². The molecule has 0 aliphatic heterocycles. The SMILES string of the molecule is CC(C(=O)c1cccc(Cl)c1F)c1ccncc1. The third-order valence-corrected chi connectivity index (χ3v) is 3.11. The predicted molar refractivity (Wildman–Crippen MR) is 68.4 cm³/mol. The highest BCUT2D eigenvalue weighted by atomic mass is 35.5. The summed E-state index contributed by atoms with van der Waals surface area (Å²) in [4.78, 5) is 16.1. The largest absolute Gasteiger partial charge is 0.293 e. The molecule has 1 aromatic heterocycles. The first-order valence-electron chi connectivity index (χ1n) is 5.49. The first-order chi connectivity index (χ1) is 8.61. The highest BCUT2D eigenvalue weighted by Gasteiger charge is 2.21. The molecule has 0 N–H and O–H groups in total. The van der Waals surface area contributed by atoms with Crippen molar-refractivity contribution in [2.75, 3.05) is 0 Å². The monoisotopic (exact) mass is 263 g/mol. The average Bonchev–Trinajstić information content (AvgIpc) is 2.41. The van der Waals surface area contributed by atoms with Gasteiger partial charge in [-0.3, -0.25) is 9.78 Å². The van der Waals surface area contributed by atoms with Crippen LogP contribution < -0.4 is 0 Å². The third kappa shape index (κ3) is 2.41. The zero-order valence-corrected chi connectivity index (χ0v) is 10.5. The molecular formula is C14H11ClFNO. The van der Waals surface area contributed by atoms with Gasteiger partial charge in [-0.05, 0) is 29.8 Å². The van der Waals surface area contributed by atoms with Crippen molar-refractivity contribution in [1.82, 2.24) is 4.98 Å². The summed E-state index contributed by atoms with van der Waals surface area (Å²) >= 11 is 5.67. The summed E-state index contributed by atoms with van der Waals surface area (Å²) in [6.07, 6.45) is 3.21. The van der Waals surface area contributed by atoms with Gasteiger partial charge < -0.3 is 0 Å². The Labute approximate surface area is 109 Å². The Bertz CT molecular complexity index is 571. The second-order valence-electron chi connectivity index (χ2n) is 3.97. The van der Waals surface area contributed by atoms with Gasteiger partial charge >= 0.3 is 0 Å². The Balaban J connectivity index is 2.35. The number of aromatic nitrogens is 1. The number of nitrogens with zero attached hydrogens (tertiary/aromatic N) is 1. The molecule has 4 heteroatoms. The van der Waals surface area contributed by atoms with E-state index in [1.165, 1.54) is 12.1 Å². The van der Waals surface area contributed by atoms with E-state index in [1.807, 2.05) is 0 Å². The predicted octanol–water partition coefficient (Wildman–Crippen LogP) is 3.86. The van der Waals surface area contributed by atoms with E-state index in [4.69, 9.17) is 11.6 Å². The van der Waals surface area contributed by atoms with Gasteiger partial charge in [0.1, 0.15) is 0 Å². The van der Waals surface area contributed by atoms with Gasteiger partial charge in [0, 0.05) is 18.3 Å². The fraction of sp³-hybridized carbons (Fsp3) is 0.143. The number of hydrogen-bond donors (Lipinski definition) is 0. The zero-order chi connectivity index (χ0) is 13.1. The van der Waals surface area contributed by atoms with Gasteiger partial charge in [0.05, 0.1) is 10.6 Å². The molecule has 1 atom stereocenters. The van der Waals surface area contributed by atoms with E-state index in [2.05, 4.69) is 4.98 Å². The van der Waals surface area contributed by atoms with E-state index in [1.54, 1.807) is 37.5 Å². The summed E-state index contributed by atoms with van der Waals surface area (Å²) in [6.45, 7) is 1.73. The van der Waals surface area contributed by atoms with Crippen LogP contribution in [0, 0.1) is 5.82 Å². The fourth-order valence-corrected chi connectivity index (χ4v) is 1.91. The molecule has 92 valence electrons. The highest BCUT2D eigenvalue weighted by molar-refractivity contribution is 6.31. The number of Topliss-reactive ketones (excluding diaryl/α,β-unsaturated/α-hetero) is 1. The quantitative estimate of drug-likeness (QED) is 0.787. The van der Waals surface area contributed by atoms with Crippen molar-refractivity contribution in [2.45, 2.75) is 12.8 Å². The number of halogens is 2. The molecule has 0 aliphatic carbocycles. The minimum absolute atomic E-state index is 0.0202. The molecule has 0 amide bonds. The molecule has 0 bridgehead atoms. The molecule has 18 heavy (non-hydrogen) atoms. The lowest BCUT2D eigenvalue weighted by Gasteiger charge is -2.11. The van der Waals surface area contributed by atoms with Gasteiger partial charge in [-0.15, -0.1) is 0 Å². The normalized spacial score (nSPS) is 12.2. The van der Waals surface area contributed by atoms with Crippen LogP contribution in [0.2, 0.25) is 5.02 Å². The summed E-state index contributed by atoms with van der Waals surface area (Å²) in [5.74, 6) is -1.38. The molecule has 2 aromatic rings. The van der Waals surface area contributed by atoms with E-state index in [0.717, 1.165) is 5.56 Å². The number of rotatable bonds is 3. The van der Waals surface area contributed by atoms with Gasteiger partial charge in [-0.1, -0.05) is 24.6 Å². The van der Waals surface area contributed by atoms with Gasteiger partial charge in [0.25, 0.3) is 0 Å². The van der Waals surface area contributed by atoms with Crippen LogP contribution in [-0.2, 0) is 0 Å². The lowest BCUT2D eigenvalue weighted by atomic mass is 9.93. The van der Waals surface area contributed by atoms with Gasteiger partial charge in [-0.25, -0.2) is 4.39 Å². The molecule has 0 fully saturated rings. The third-order valence-electron chi connectivity index (χ3n) is 2.82. The summed E-state index contributed by atoms with van der Waals surface area (Å²) in [5.41, 5.74) is 0.821. The van der Waals surface area contributed by atoms with Crippen LogP contribution in [0.4, 0.5) is 4.39 Å². The Hall–Kier alpha value is -1.74. The minimum Gasteiger partial charge on any atom is -0.293 e. The smallest absolute Gasteiger partial charge is 0.173 e. The van der Waals surface area contributed by atoms with Crippen LogP contribution in [0.3, 0.4) is 0 Å². The van der Waals surface area contributed by atoms with E-state index < -0.39 is 11.7 Å². The number of carbonyl (C=O) groups is 1. The zero-order valence-electron chi connectivity index (χ0n) is 9.73. The van der Waals surface area contributed by atoms with Crippen LogP contribution in [0.5, 0.6) is 0 Å². The summed E-state index contributed by atoms with van der Waals surface area (Å²) in [6, 6.07) is 7.92. The number of pyridine rings is 1. The van der Waals surface area contributed by atoms with Crippen LogP contribution in [0.15, 0.2) is 42.7 Å². The average molecular weight is 264 g/mol. The van der Waals surface area contributed by atoms with Crippen LogP contribution >= 0.6 is 11.6 Å². The van der Waals surface area contributed by atoms with E-state index >= 15 is 0 Å². The molecule has 0 spiro atoms. The first-order valence-corrected chi connectivity index (χ1v) is 5.87. The van der Waals surface area contributed by atoms with Crippen LogP contribution in [-0.4, -0.2) is 10.8 Å². The Morgan fingerprint density at radius 3 is 2.61 bits per heavy atom. The molecule has 0 radical (unpaired) electrons. The molecule has 2 nitrogen and oxygen atoms in total. The molecule has 1 unspecified atom stereocenters. The van der Waals surface area contributed by atoms with Gasteiger partial charge in [-0.2, -0.15) is 0 Å². The summed E-state index contributed by atoms with van der Waals surface area (Å²) in [7, 11) is 0. The van der Waals surface area contributed by atoms with Gasteiger partial charge in [0.2, 0.25) is 0 Å². The number of benzene rings is 1. The van der Waals surface area contributed by atoms with Gasteiger partial charge in [0.15, 0.2) is 11.6 Å². The van der Waals surface area contributed by atoms with E-state index in [9.17, 15) is 9.18 Å². The first kappa shape index (κ1) is 12.7. The summed E-state index contributed by atoms with van der Waals surface area (Å²) in [5, 5.41) is -0.0391. The van der Waals surface area contributed by atoms with Crippen LogP contribution in [0.1, 0.15) is 28.8 Å². The topological polar surface area (TPSA) is 30.0 Å². The van der Waals surface area contributed by atoms with Crippen molar-refractivity contribution in [3.8, 4) is 0 Å². The Kier molecular flexibility index (Phi) is 3.72. The molecule has 2 rings (SSSR count). The standard InChI is InChI=1S/C14H11ClFNO/c1-9(10-5-7-17-8-6-10)14(18)11-3-2-4-12(15)13(11)16/h2-9H,1H3. The lowest BCUT2D eigenvalue weighted by molar-refractivity contribution is 0.0962. The van der Waals surface area contributed by atoms with Crippen molar-refractivity contribution in [3.05, 3.63) is 64.7 Å². The molecular weight excluding hydrogens is 253 g/mol. The molecule has 1 aromatic carbocycles.